The molecule has 5 nitrogen and oxygen atoms in total. The van der Waals surface area contributed by atoms with E-state index in [4.69, 9.17) is 5.73 Å². The van der Waals surface area contributed by atoms with E-state index in [0.717, 1.165) is 24.8 Å². The zero-order valence-electron chi connectivity index (χ0n) is 13.4. The lowest BCUT2D eigenvalue weighted by Gasteiger charge is -2.19. The van der Waals surface area contributed by atoms with E-state index in [-0.39, 0.29) is 5.91 Å². The Hall–Kier alpha value is -1.30. The Balaban J connectivity index is 2.03. The number of nitrogen functional groups attached to an aromatic ring is 1. The number of aromatic nitrogens is 1. The van der Waals surface area contributed by atoms with Crippen molar-refractivity contribution in [3.05, 3.63) is 4.88 Å². The number of rotatable bonds is 7. The molecule has 21 heavy (non-hydrogen) atoms. The summed E-state index contributed by atoms with van der Waals surface area (Å²) in [5, 5.41) is 3.87. The predicted molar refractivity (Wildman–Crippen MR) is 88.9 cm³/mol. The van der Waals surface area contributed by atoms with Crippen LogP contribution in [-0.2, 0) is 0 Å². The first-order valence-electron chi connectivity index (χ1n) is 7.73. The summed E-state index contributed by atoms with van der Waals surface area (Å²) in [4.78, 5) is 19.3. The van der Waals surface area contributed by atoms with Crippen molar-refractivity contribution in [1.29, 1.82) is 0 Å². The fourth-order valence-corrected chi connectivity index (χ4v) is 3.60. The summed E-state index contributed by atoms with van der Waals surface area (Å²) in [5.41, 5.74) is 6.22. The zero-order valence-corrected chi connectivity index (χ0v) is 14.2. The van der Waals surface area contributed by atoms with E-state index in [1.165, 1.54) is 24.2 Å². The largest absolute Gasteiger partial charge is 0.382 e. The lowest BCUT2D eigenvalue weighted by molar-refractivity contribution is 0.0944. The minimum Gasteiger partial charge on any atom is -0.382 e. The Morgan fingerprint density at radius 3 is 2.52 bits per heavy atom. The van der Waals surface area contributed by atoms with Gasteiger partial charge in [-0.1, -0.05) is 25.2 Å². The molecule has 0 unspecified atom stereocenters. The van der Waals surface area contributed by atoms with Crippen LogP contribution in [-0.4, -0.2) is 30.5 Å². The molecule has 6 heteroatoms. The predicted octanol–water partition coefficient (Wildman–Crippen LogP) is 2.74. The first-order valence-corrected chi connectivity index (χ1v) is 8.54. The Morgan fingerprint density at radius 1 is 1.43 bits per heavy atom. The number of nitrogens with two attached hydrogens (primary N) is 1. The maximum atomic E-state index is 12.3. The van der Waals surface area contributed by atoms with Gasteiger partial charge in [-0.2, -0.15) is 0 Å². The van der Waals surface area contributed by atoms with E-state index in [2.05, 4.69) is 42.9 Å². The number of hydrogen-bond acceptors (Lipinski definition) is 5. The number of anilines is 2. The van der Waals surface area contributed by atoms with Crippen molar-refractivity contribution in [2.24, 2.45) is 11.3 Å². The van der Waals surface area contributed by atoms with Crippen molar-refractivity contribution in [2.45, 2.75) is 40.5 Å². The third kappa shape index (κ3) is 3.31. The number of thiazole rings is 1. The van der Waals surface area contributed by atoms with E-state index in [9.17, 15) is 4.79 Å². The van der Waals surface area contributed by atoms with Crippen molar-refractivity contribution in [3.8, 4) is 0 Å². The van der Waals surface area contributed by atoms with Crippen LogP contribution in [0.1, 0.15) is 50.2 Å². The van der Waals surface area contributed by atoms with Crippen molar-refractivity contribution in [3.63, 3.8) is 0 Å². The van der Waals surface area contributed by atoms with Crippen molar-refractivity contribution in [1.82, 2.24) is 10.3 Å². The molecule has 0 radical (unpaired) electrons. The molecule has 0 aliphatic heterocycles. The topological polar surface area (TPSA) is 71.2 Å². The molecule has 0 aromatic carbocycles. The highest BCUT2D eigenvalue weighted by Gasteiger charge is 2.45. The van der Waals surface area contributed by atoms with Gasteiger partial charge in [-0.05, 0) is 38.0 Å². The van der Waals surface area contributed by atoms with Gasteiger partial charge in [-0.15, -0.1) is 0 Å². The van der Waals surface area contributed by atoms with Crippen LogP contribution in [0.3, 0.4) is 0 Å². The monoisotopic (exact) mass is 310 g/mol. The molecule has 1 aliphatic carbocycles. The highest BCUT2D eigenvalue weighted by molar-refractivity contribution is 7.18. The van der Waals surface area contributed by atoms with Gasteiger partial charge >= 0.3 is 0 Å². The fraction of sp³-hybridized carbons (Fsp3) is 0.733. The Kier molecular flexibility index (Phi) is 4.76. The van der Waals surface area contributed by atoms with Gasteiger partial charge in [-0.25, -0.2) is 4.98 Å². The minimum absolute atomic E-state index is 0.0877. The van der Waals surface area contributed by atoms with E-state index >= 15 is 0 Å². The van der Waals surface area contributed by atoms with E-state index < -0.39 is 0 Å². The fourth-order valence-electron chi connectivity index (χ4n) is 2.57. The average Bonchev–Trinajstić information content (AvgIpc) is 3.16. The van der Waals surface area contributed by atoms with E-state index in [0.29, 0.717) is 22.0 Å². The van der Waals surface area contributed by atoms with Crippen LogP contribution >= 0.6 is 11.3 Å². The minimum atomic E-state index is -0.0877. The Morgan fingerprint density at radius 2 is 2.05 bits per heavy atom. The Labute approximate surface area is 130 Å². The number of nitrogens with one attached hydrogen (secondary N) is 1. The normalized spacial score (nSPS) is 16.0. The molecule has 0 atom stereocenters. The first kappa shape index (κ1) is 16.1. The molecule has 1 aromatic heterocycles. The molecule has 1 aliphatic rings. The maximum Gasteiger partial charge on any atom is 0.265 e. The molecule has 0 spiro atoms. The Bertz CT molecular complexity index is 504. The molecular weight excluding hydrogens is 284 g/mol. The smallest absolute Gasteiger partial charge is 0.265 e. The molecular formula is C15H26N4OS. The second kappa shape index (κ2) is 6.22. The zero-order chi connectivity index (χ0) is 15.6. The summed E-state index contributed by atoms with van der Waals surface area (Å²) in [7, 11) is 0. The summed E-state index contributed by atoms with van der Waals surface area (Å²) in [6.07, 6.45) is 2.40. The van der Waals surface area contributed by atoms with Crippen LogP contribution in [0.4, 0.5) is 10.9 Å². The van der Waals surface area contributed by atoms with Gasteiger partial charge in [0.25, 0.3) is 5.91 Å². The highest BCUT2D eigenvalue weighted by atomic mass is 32.1. The number of amides is 1. The standard InChI is InChI=1S/C15H26N4OS/c1-5-19(6-2)14-18-12(16)11(21-14)13(20)17-9-15(7-8-15)10(3)4/h10H,5-9,16H2,1-4H3,(H,17,20). The number of carbonyl (C=O) groups excluding carboxylic acids is 1. The molecule has 1 saturated carbocycles. The van der Waals surface area contributed by atoms with Gasteiger partial charge in [0.1, 0.15) is 10.7 Å². The summed E-state index contributed by atoms with van der Waals surface area (Å²) >= 11 is 1.38. The van der Waals surface area contributed by atoms with E-state index in [1.807, 2.05) is 0 Å². The van der Waals surface area contributed by atoms with Gasteiger partial charge in [-0.3, -0.25) is 4.79 Å². The molecule has 0 bridgehead atoms. The molecule has 1 amide bonds. The van der Waals surface area contributed by atoms with Crippen molar-refractivity contribution in [2.75, 3.05) is 30.3 Å². The second-order valence-corrected chi connectivity index (χ2v) is 7.06. The van der Waals surface area contributed by atoms with Crippen molar-refractivity contribution >= 4 is 28.2 Å². The first-order chi connectivity index (χ1) is 9.93. The molecule has 1 heterocycles. The average molecular weight is 310 g/mol. The highest BCUT2D eigenvalue weighted by Crippen LogP contribution is 2.51. The summed E-state index contributed by atoms with van der Waals surface area (Å²) in [6, 6.07) is 0. The lowest BCUT2D eigenvalue weighted by atomic mass is 9.92. The molecule has 1 aromatic rings. The number of carbonyl (C=O) groups is 1. The van der Waals surface area contributed by atoms with Gasteiger partial charge in [0.15, 0.2) is 5.13 Å². The van der Waals surface area contributed by atoms with Crippen LogP contribution in [0.5, 0.6) is 0 Å². The maximum absolute atomic E-state index is 12.3. The van der Waals surface area contributed by atoms with Crippen molar-refractivity contribution < 1.29 is 4.79 Å². The van der Waals surface area contributed by atoms with Gasteiger partial charge in [0.05, 0.1) is 0 Å². The molecule has 118 valence electrons. The van der Waals surface area contributed by atoms with Crippen LogP contribution in [0.25, 0.3) is 0 Å². The van der Waals surface area contributed by atoms with Gasteiger partial charge in [0.2, 0.25) is 0 Å². The third-order valence-electron chi connectivity index (χ3n) is 4.60. The lowest BCUT2D eigenvalue weighted by Crippen LogP contribution is -2.32. The summed E-state index contributed by atoms with van der Waals surface area (Å²) in [5.74, 6) is 0.854. The van der Waals surface area contributed by atoms with Crippen LogP contribution in [0.2, 0.25) is 0 Å². The second-order valence-electron chi connectivity index (χ2n) is 6.08. The quantitative estimate of drug-likeness (QED) is 0.812. The molecule has 2 rings (SSSR count). The van der Waals surface area contributed by atoms with Gasteiger partial charge < -0.3 is 16.0 Å². The number of hydrogen-bond donors (Lipinski definition) is 2. The third-order valence-corrected chi connectivity index (χ3v) is 5.73. The van der Waals surface area contributed by atoms with Crippen LogP contribution in [0.15, 0.2) is 0 Å². The van der Waals surface area contributed by atoms with Crippen LogP contribution < -0.4 is 16.0 Å². The SMILES string of the molecule is CCN(CC)c1nc(N)c(C(=O)NCC2(C(C)C)CC2)s1. The van der Waals surface area contributed by atoms with Crippen LogP contribution in [0, 0.1) is 11.3 Å². The molecule has 0 saturated heterocycles. The molecule has 1 fully saturated rings. The van der Waals surface area contributed by atoms with E-state index in [1.54, 1.807) is 0 Å². The molecule has 3 N–H and O–H groups in total. The number of nitrogens with zero attached hydrogens (tertiary/aromatic N) is 2. The summed E-state index contributed by atoms with van der Waals surface area (Å²) < 4.78 is 0. The van der Waals surface area contributed by atoms with Gasteiger partial charge in [0, 0.05) is 19.6 Å². The summed E-state index contributed by atoms with van der Waals surface area (Å²) in [6.45, 7) is 11.0.